The van der Waals surface area contributed by atoms with Crippen molar-refractivity contribution in [2.75, 3.05) is 12.9 Å². The van der Waals surface area contributed by atoms with Crippen molar-refractivity contribution in [1.29, 1.82) is 0 Å². The third-order valence-corrected chi connectivity index (χ3v) is 4.73. The number of hydrogen-bond acceptors (Lipinski definition) is 3. The molecular formula is C12H13BrO2S. The first kappa shape index (κ1) is 12.0. The van der Waals surface area contributed by atoms with Gasteiger partial charge in [0, 0.05) is 10.0 Å². The molecule has 16 heavy (non-hydrogen) atoms. The maximum absolute atomic E-state index is 12.2. The van der Waals surface area contributed by atoms with Gasteiger partial charge in [-0.15, -0.1) is 0 Å². The Morgan fingerprint density at radius 2 is 2.38 bits per heavy atom. The Labute approximate surface area is 108 Å². The van der Waals surface area contributed by atoms with Crippen molar-refractivity contribution in [3.05, 3.63) is 28.2 Å². The fourth-order valence-electron chi connectivity index (χ4n) is 1.78. The molecule has 1 atom stereocenters. The zero-order chi connectivity index (χ0) is 11.5. The summed E-state index contributed by atoms with van der Waals surface area (Å²) in [4.78, 5) is 12.2. The smallest absolute Gasteiger partial charge is 0.177 e. The molecule has 0 spiro atoms. The molecule has 1 unspecified atom stereocenters. The molecule has 0 saturated carbocycles. The van der Waals surface area contributed by atoms with E-state index in [0.717, 1.165) is 34.4 Å². The van der Waals surface area contributed by atoms with Gasteiger partial charge in [0.1, 0.15) is 5.75 Å². The number of carbonyl (C=O) groups is 1. The van der Waals surface area contributed by atoms with Crippen LogP contribution in [0.15, 0.2) is 22.7 Å². The zero-order valence-corrected chi connectivity index (χ0v) is 11.4. The van der Waals surface area contributed by atoms with E-state index >= 15 is 0 Å². The second kappa shape index (κ2) is 5.23. The SMILES string of the molecule is COc1ccc(Br)c(C(=O)C2CCCS2)c1. The molecule has 86 valence electrons. The number of carbonyl (C=O) groups excluding carboxylic acids is 1. The van der Waals surface area contributed by atoms with Crippen molar-refractivity contribution in [2.24, 2.45) is 0 Å². The van der Waals surface area contributed by atoms with Crippen molar-refractivity contribution in [3.63, 3.8) is 0 Å². The monoisotopic (exact) mass is 300 g/mol. The van der Waals surface area contributed by atoms with E-state index in [1.165, 1.54) is 0 Å². The van der Waals surface area contributed by atoms with Crippen LogP contribution in [0, 0.1) is 0 Å². The maximum Gasteiger partial charge on any atom is 0.177 e. The standard InChI is InChI=1S/C12H13BrO2S/c1-15-8-4-5-10(13)9(7-8)12(14)11-3-2-6-16-11/h4-5,7,11H,2-3,6H2,1H3. The predicted octanol–water partition coefficient (Wildman–Crippen LogP) is 3.54. The summed E-state index contributed by atoms with van der Waals surface area (Å²) in [5, 5.41) is 0.128. The number of halogens is 1. The highest BCUT2D eigenvalue weighted by Crippen LogP contribution is 2.32. The predicted molar refractivity (Wildman–Crippen MR) is 70.5 cm³/mol. The third kappa shape index (κ3) is 2.43. The zero-order valence-electron chi connectivity index (χ0n) is 9.03. The molecule has 1 aromatic rings. The van der Waals surface area contributed by atoms with Crippen molar-refractivity contribution in [3.8, 4) is 5.75 Å². The Morgan fingerprint density at radius 1 is 1.56 bits per heavy atom. The molecule has 2 rings (SSSR count). The lowest BCUT2D eigenvalue weighted by atomic mass is 10.1. The van der Waals surface area contributed by atoms with Gasteiger partial charge in [0.05, 0.1) is 12.4 Å². The van der Waals surface area contributed by atoms with Gasteiger partial charge in [0.15, 0.2) is 5.78 Å². The van der Waals surface area contributed by atoms with Crippen molar-refractivity contribution in [1.82, 2.24) is 0 Å². The van der Waals surface area contributed by atoms with Gasteiger partial charge >= 0.3 is 0 Å². The average Bonchev–Trinajstić information content (AvgIpc) is 2.82. The van der Waals surface area contributed by atoms with E-state index in [-0.39, 0.29) is 11.0 Å². The molecule has 0 N–H and O–H groups in total. The van der Waals surface area contributed by atoms with Crippen LogP contribution in [0.2, 0.25) is 0 Å². The van der Waals surface area contributed by atoms with Gasteiger partial charge in [-0.05, 0) is 36.8 Å². The van der Waals surface area contributed by atoms with Gasteiger partial charge in [-0.1, -0.05) is 15.9 Å². The molecule has 1 aliphatic heterocycles. The van der Waals surface area contributed by atoms with E-state index in [2.05, 4.69) is 15.9 Å². The van der Waals surface area contributed by atoms with Crippen LogP contribution in [0.4, 0.5) is 0 Å². The number of methoxy groups -OCH3 is 1. The fourth-order valence-corrected chi connectivity index (χ4v) is 3.45. The number of ether oxygens (including phenoxy) is 1. The number of hydrogen-bond donors (Lipinski definition) is 0. The van der Waals surface area contributed by atoms with Gasteiger partial charge in [0.2, 0.25) is 0 Å². The van der Waals surface area contributed by atoms with Crippen LogP contribution in [0.5, 0.6) is 5.75 Å². The lowest BCUT2D eigenvalue weighted by Crippen LogP contribution is -2.14. The summed E-state index contributed by atoms with van der Waals surface area (Å²) >= 11 is 5.18. The van der Waals surface area contributed by atoms with E-state index in [0.29, 0.717) is 0 Å². The van der Waals surface area contributed by atoms with E-state index in [4.69, 9.17) is 4.74 Å². The van der Waals surface area contributed by atoms with Crippen LogP contribution in [-0.2, 0) is 0 Å². The van der Waals surface area contributed by atoms with E-state index < -0.39 is 0 Å². The van der Waals surface area contributed by atoms with Crippen molar-refractivity contribution < 1.29 is 9.53 Å². The molecule has 1 fully saturated rings. The first-order chi connectivity index (χ1) is 7.72. The van der Waals surface area contributed by atoms with Crippen LogP contribution in [0.1, 0.15) is 23.2 Å². The number of Topliss-reactive ketones (excluding diaryl/α,β-unsaturated/α-hetero) is 1. The van der Waals surface area contributed by atoms with Gasteiger partial charge in [-0.3, -0.25) is 4.79 Å². The topological polar surface area (TPSA) is 26.3 Å². The van der Waals surface area contributed by atoms with Crippen LogP contribution in [0.25, 0.3) is 0 Å². The second-order valence-corrected chi connectivity index (χ2v) is 5.88. The Balaban J connectivity index is 2.27. The molecule has 0 bridgehead atoms. The molecular weight excluding hydrogens is 288 g/mol. The normalized spacial score (nSPS) is 19.8. The maximum atomic E-state index is 12.2. The summed E-state index contributed by atoms with van der Waals surface area (Å²) < 4.78 is 6.00. The Bertz CT molecular complexity index is 400. The first-order valence-electron chi connectivity index (χ1n) is 5.21. The minimum absolute atomic E-state index is 0.128. The number of thioether (sulfide) groups is 1. The summed E-state index contributed by atoms with van der Waals surface area (Å²) in [6.07, 6.45) is 2.13. The summed E-state index contributed by atoms with van der Waals surface area (Å²) in [5.41, 5.74) is 0.735. The van der Waals surface area contributed by atoms with Crippen LogP contribution >= 0.6 is 27.7 Å². The first-order valence-corrected chi connectivity index (χ1v) is 7.06. The molecule has 1 aliphatic rings. The summed E-state index contributed by atoms with van der Waals surface area (Å²) in [5.74, 6) is 2.04. The van der Waals surface area contributed by atoms with Crippen LogP contribution < -0.4 is 4.74 Å². The fraction of sp³-hybridized carbons (Fsp3) is 0.417. The molecule has 1 saturated heterocycles. The number of rotatable bonds is 3. The van der Waals surface area contributed by atoms with Gasteiger partial charge in [-0.2, -0.15) is 11.8 Å². The van der Waals surface area contributed by atoms with Crippen molar-refractivity contribution in [2.45, 2.75) is 18.1 Å². The second-order valence-electron chi connectivity index (χ2n) is 3.71. The largest absolute Gasteiger partial charge is 0.497 e. The molecule has 1 aromatic carbocycles. The highest BCUT2D eigenvalue weighted by molar-refractivity contribution is 9.10. The molecule has 1 heterocycles. The molecule has 0 aliphatic carbocycles. The quantitative estimate of drug-likeness (QED) is 0.799. The lowest BCUT2D eigenvalue weighted by Gasteiger charge is -2.10. The lowest BCUT2D eigenvalue weighted by molar-refractivity contribution is 0.0987. The summed E-state index contributed by atoms with van der Waals surface area (Å²) in [6.45, 7) is 0. The molecule has 2 nitrogen and oxygen atoms in total. The van der Waals surface area contributed by atoms with E-state index in [1.807, 2.05) is 18.2 Å². The molecule has 0 radical (unpaired) electrons. The van der Waals surface area contributed by atoms with Crippen molar-refractivity contribution >= 4 is 33.5 Å². The van der Waals surface area contributed by atoms with E-state index in [1.54, 1.807) is 18.9 Å². The van der Waals surface area contributed by atoms with Gasteiger partial charge in [-0.25, -0.2) is 0 Å². The number of benzene rings is 1. The third-order valence-electron chi connectivity index (χ3n) is 2.66. The van der Waals surface area contributed by atoms with Gasteiger partial charge in [0.25, 0.3) is 0 Å². The van der Waals surface area contributed by atoms with Crippen LogP contribution in [0.3, 0.4) is 0 Å². The van der Waals surface area contributed by atoms with Gasteiger partial charge < -0.3 is 4.74 Å². The molecule has 4 heteroatoms. The Hall–Kier alpha value is -0.480. The summed E-state index contributed by atoms with van der Waals surface area (Å²) in [7, 11) is 1.61. The minimum atomic E-state index is 0.128. The minimum Gasteiger partial charge on any atom is -0.497 e. The average molecular weight is 301 g/mol. The highest BCUT2D eigenvalue weighted by Gasteiger charge is 2.26. The highest BCUT2D eigenvalue weighted by atomic mass is 79.9. The molecule has 0 aromatic heterocycles. The summed E-state index contributed by atoms with van der Waals surface area (Å²) in [6, 6.07) is 5.53. The number of ketones is 1. The van der Waals surface area contributed by atoms with E-state index in [9.17, 15) is 4.79 Å². The Morgan fingerprint density at radius 3 is 3.00 bits per heavy atom. The Kier molecular flexibility index (Phi) is 3.92. The van der Waals surface area contributed by atoms with Crippen LogP contribution in [-0.4, -0.2) is 23.9 Å². The molecule has 0 amide bonds.